The standard InChI is InChI=1S/C24H28N2O3S2/c1-6-22(27)25-18-9-12-21-20(13-18)26-23(31-21)30-14-16(2)28-15-29-19-10-7-17(8-11-19)24(3,4)5/h7-13H,2,6,14-15H2,1,3-5H3,(H,25,27). The van der Waals surface area contributed by atoms with Crippen LogP contribution in [0.25, 0.3) is 10.2 Å². The van der Waals surface area contributed by atoms with E-state index in [4.69, 9.17) is 9.47 Å². The number of benzene rings is 2. The van der Waals surface area contributed by atoms with Gasteiger partial charge in [0.05, 0.1) is 16.0 Å². The van der Waals surface area contributed by atoms with Gasteiger partial charge in [-0.3, -0.25) is 4.79 Å². The van der Waals surface area contributed by atoms with E-state index >= 15 is 0 Å². The van der Waals surface area contributed by atoms with Crippen LogP contribution in [0.2, 0.25) is 0 Å². The smallest absolute Gasteiger partial charge is 0.230 e. The summed E-state index contributed by atoms with van der Waals surface area (Å²) in [6.45, 7) is 12.5. The molecule has 1 aromatic heterocycles. The van der Waals surface area contributed by atoms with Gasteiger partial charge in [0, 0.05) is 12.1 Å². The predicted molar refractivity (Wildman–Crippen MR) is 130 cm³/mol. The molecule has 3 rings (SSSR count). The number of hydrogen-bond acceptors (Lipinski definition) is 6. The Morgan fingerprint density at radius 1 is 1.19 bits per heavy atom. The molecule has 7 heteroatoms. The summed E-state index contributed by atoms with van der Waals surface area (Å²) in [5, 5.41) is 2.86. The van der Waals surface area contributed by atoms with Crippen molar-refractivity contribution < 1.29 is 14.3 Å². The number of amides is 1. The zero-order chi connectivity index (χ0) is 22.4. The second-order valence-electron chi connectivity index (χ2n) is 8.07. The van der Waals surface area contributed by atoms with Gasteiger partial charge in [-0.2, -0.15) is 0 Å². The van der Waals surface area contributed by atoms with E-state index in [0.29, 0.717) is 17.9 Å². The minimum absolute atomic E-state index is 0.00927. The molecule has 3 aromatic rings. The maximum atomic E-state index is 11.6. The number of hydrogen-bond donors (Lipinski definition) is 1. The fourth-order valence-electron chi connectivity index (χ4n) is 2.71. The van der Waals surface area contributed by atoms with E-state index in [-0.39, 0.29) is 18.1 Å². The van der Waals surface area contributed by atoms with Crippen molar-refractivity contribution in [3.8, 4) is 5.75 Å². The Morgan fingerprint density at radius 3 is 2.61 bits per heavy atom. The Kier molecular flexibility index (Phi) is 7.62. The minimum Gasteiger partial charge on any atom is -0.462 e. The molecular formula is C24H28N2O3S2. The quantitative estimate of drug-likeness (QED) is 0.223. The van der Waals surface area contributed by atoms with Gasteiger partial charge in [-0.15, -0.1) is 11.3 Å². The predicted octanol–water partition coefficient (Wildman–Crippen LogP) is 6.60. The highest BCUT2D eigenvalue weighted by Gasteiger charge is 2.13. The van der Waals surface area contributed by atoms with Gasteiger partial charge in [0.15, 0.2) is 4.34 Å². The monoisotopic (exact) mass is 456 g/mol. The highest BCUT2D eigenvalue weighted by Crippen LogP contribution is 2.32. The molecule has 0 bridgehead atoms. The second kappa shape index (κ2) is 10.2. The first-order valence-electron chi connectivity index (χ1n) is 10.1. The van der Waals surface area contributed by atoms with E-state index in [1.807, 2.05) is 37.3 Å². The van der Waals surface area contributed by atoms with Crippen molar-refractivity contribution in [2.45, 2.75) is 43.9 Å². The molecule has 0 spiro atoms. The highest BCUT2D eigenvalue weighted by atomic mass is 32.2. The Hall–Kier alpha value is -2.51. The second-order valence-corrected chi connectivity index (χ2v) is 10.3. The Bertz CT molecular complexity index is 1050. The first-order chi connectivity index (χ1) is 14.7. The van der Waals surface area contributed by atoms with Gasteiger partial charge < -0.3 is 14.8 Å². The summed E-state index contributed by atoms with van der Waals surface area (Å²) in [7, 11) is 0. The molecule has 0 aliphatic rings. The lowest BCUT2D eigenvalue weighted by Crippen LogP contribution is -2.10. The molecule has 0 radical (unpaired) electrons. The summed E-state index contributed by atoms with van der Waals surface area (Å²) in [6.07, 6.45) is 0.449. The van der Waals surface area contributed by atoms with Crippen molar-refractivity contribution in [1.29, 1.82) is 0 Å². The molecule has 0 aliphatic carbocycles. The number of carbonyl (C=O) groups excluding carboxylic acids is 1. The lowest BCUT2D eigenvalue weighted by Gasteiger charge is -2.19. The zero-order valence-corrected chi connectivity index (χ0v) is 20.0. The molecule has 0 saturated heterocycles. The SMILES string of the molecule is C=C(CSc1nc2cc(NC(=O)CC)ccc2s1)OCOc1ccc(C(C)(C)C)cc1. The van der Waals surface area contributed by atoms with Crippen molar-refractivity contribution in [3.05, 3.63) is 60.4 Å². The summed E-state index contributed by atoms with van der Waals surface area (Å²) in [4.78, 5) is 16.2. The molecule has 164 valence electrons. The third-order valence-electron chi connectivity index (χ3n) is 4.54. The number of nitrogens with one attached hydrogen (secondary N) is 1. The molecule has 1 N–H and O–H groups in total. The molecule has 0 atom stereocenters. The fraction of sp³-hybridized carbons (Fsp3) is 0.333. The molecule has 0 aliphatic heterocycles. The van der Waals surface area contributed by atoms with Crippen molar-refractivity contribution in [1.82, 2.24) is 4.98 Å². The van der Waals surface area contributed by atoms with Gasteiger partial charge in [-0.25, -0.2) is 4.98 Å². The number of thioether (sulfide) groups is 1. The highest BCUT2D eigenvalue weighted by molar-refractivity contribution is 8.01. The van der Waals surface area contributed by atoms with Gasteiger partial charge in [0.2, 0.25) is 12.7 Å². The van der Waals surface area contributed by atoms with Crippen LogP contribution in [0.1, 0.15) is 39.7 Å². The summed E-state index contributed by atoms with van der Waals surface area (Å²) >= 11 is 3.18. The normalized spacial score (nSPS) is 11.4. The molecular weight excluding hydrogens is 428 g/mol. The molecule has 2 aromatic carbocycles. The number of ether oxygens (including phenoxy) is 2. The van der Waals surface area contributed by atoms with Crippen LogP contribution in [0.5, 0.6) is 5.75 Å². The Balaban J connectivity index is 1.46. The number of nitrogens with zero attached hydrogens (tertiary/aromatic N) is 1. The lowest BCUT2D eigenvalue weighted by atomic mass is 9.87. The van der Waals surface area contributed by atoms with E-state index in [1.54, 1.807) is 23.1 Å². The maximum absolute atomic E-state index is 11.6. The minimum atomic E-state index is -0.00927. The third-order valence-corrected chi connectivity index (χ3v) is 6.78. The molecule has 1 amide bonds. The Labute approximate surface area is 191 Å². The van der Waals surface area contributed by atoms with Crippen molar-refractivity contribution in [2.75, 3.05) is 17.9 Å². The van der Waals surface area contributed by atoms with Gasteiger partial charge in [0.1, 0.15) is 11.5 Å². The average Bonchev–Trinajstić information content (AvgIpc) is 3.14. The summed E-state index contributed by atoms with van der Waals surface area (Å²) in [6, 6.07) is 13.8. The number of carbonyl (C=O) groups is 1. The van der Waals surface area contributed by atoms with E-state index in [2.05, 4.69) is 49.8 Å². The van der Waals surface area contributed by atoms with Crippen LogP contribution in [0, 0.1) is 0 Å². The van der Waals surface area contributed by atoms with Crippen LogP contribution in [0.4, 0.5) is 5.69 Å². The lowest BCUT2D eigenvalue weighted by molar-refractivity contribution is -0.115. The van der Waals surface area contributed by atoms with Crippen LogP contribution in [-0.4, -0.2) is 23.4 Å². The van der Waals surface area contributed by atoms with Crippen molar-refractivity contribution in [2.24, 2.45) is 0 Å². The molecule has 0 saturated carbocycles. The average molecular weight is 457 g/mol. The number of anilines is 1. The van der Waals surface area contributed by atoms with Crippen LogP contribution in [-0.2, 0) is 14.9 Å². The molecule has 0 fully saturated rings. The Morgan fingerprint density at radius 2 is 1.94 bits per heavy atom. The van der Waals surface area contributed by atoms with Crippen molar-refractivity contribution in [3.63, 3.8) is 0 Å². The van der Waals surface area contributed by atoms with Crippen molar-refractivity contribution >= 4 is 44.9 Å². The number of rotatable bonds is 9. The molecule has 31 heavy (non-hydrogen) atoms. The van der Waals surface area contributed by atoms with E-state index in [1.165, 1.54) is 5.56 Å². The summed E-state index contributed by atoms with van der Waals surface area (Å²) < 4.78 is 13.3. The zero-order valence-electron chi connectivity index (χ0n) is 18.4. The topological polar surface area (TPSA) is 60.5 Å². The first kappa shape index (κ1) is 23.2. The molecule has 5 nitrogen and oxygen atoms in total. The van der Waals surface area contributed by atoms with Crippen LogP contribution in [0.15, 0.2) is 59.1 Å². The maximum Gasteiger partial charge on any atom is 0.230 e. The van der Waals surface area contributed by atoms with E-state index < -0.39 is 0 Å². The fourth-order valence-corrected chi connectivity index (χ4v) is 4.60. The van der Waals surface area contributed by atoms with Gasteiger partial charge in [-0.1, -0.05) is 58.2 Å². The van der Waals surface area contributed by atoms with E-state index in [9.17, 15) is 4.79 Å². The van der Waals surface area contributed by atoms with Crippen LogP contribution in [0.3, 0.4) is 0 Å². The van der Waals surface area contributed by atoms with Crippen LogP contribution < -0.4 is 10.1 Å². The summed E-state index contributed by atoms with van der Waals surface area (Å²) in [5.74, 6) is 1.98. The number of thiazole rings is 1. The van der Waals surface area contributed by atoms with Gasteiger partial charge in [-0.05, 0) is 41.3 Å². The third kappa shape index (κ3) is 6.74. The largest absolute Gasteiger partial charge is 0.462 e. The van der Waals surface area contributed by atoms with Crippen LogP contribution >= 0.6 is 23.1 Å². The number of aromatic nitrogens is 1. The van der Waals surface area contributed by atoms with E-state index in [0.717, 1.165) is 26.0 Å². The molecule has 1 heterocycles. The van der Waals surface area contributed by atoms with Gasteiger partial charge in [0.25, 0.3) is 0 Å². The summed E-state index contributed by atoms with van der Waals surface area (Å²) in [5.41, 5.74) is 3.01. The number of fused-ring (bicyclic) bond motifs is 1. The molecule has 0 unspecified atom stereocenters. The van der Waals surface area contributed by atoms with Gasteiger partial charge >= 0.3 is 0 Å². The first-order valence-corrected chi connectivity index (χ1v) is 11.9.